The van der Waals surface area contributed by atoms with E-state index in [4.69, 9.17) is 10.8 Å². The Balaban J connectivity index is 2.18. The molecule has 0 aromatic heterocycles. The Morgan fingerprint density at radius 2 is 1.74 bits per heavy atom. The van der Waals surface area contributed by atoms with E-state index in [2.05, 4.69) is 13.8 Å². The number of hydrogen-bond acceptors (Lipinski definition) is 3. The standard InChI is InChI=1S/C19H37NO3/c1-14(2)16(13-19(22)23)10-6-7-11-18(21)17(20)12-15-8-4-3-5-9-15/h14-18,21H,3-13,20H2,1-2H3,(H,22,23)/t16-,17-,18-/m0/s1. The molecule has 1 aliphatic carbocycles. The summed E-state index contributed by atoms with van der Waals surface area (Å²) in [6, 6.07) is -0.0991. The normalized spacial score (nSPS) is 20.4. The van der Waals surface area contributed by atoms with E-state index in [0.29, 0.717) is 11.8 Å². The van der Waals surface area contributed by atoms with Gasteiger partial charge in [0.05, 0.1) is 6.10 Å². The van der Waals surface area contributed by atoms with Gasteiger partial charge in [-0.05, 0) is 37.0 Å². The summed E-state index contributed by atoms with van der Waals surface area (Å²) in [5.74, 6) is 0.623. The van der Waals surface area contributed by atoms with Crippen molar-refractivity contribution in [1.82, 2.24) is 0 Å². The first-order valence-electron chi connectivity index (χ1n) is 9.55. The Morgan fingerprint density at radius 1 is 1.13 bits per heavy atom. The third-order valence-electron chi connectivity index (χ3n) is 5.53. The van der Waals surface area contributed by atoms with Crippen LogP contribution in [0.25, 0.3) is 0 Å². The van der Waals surface area contributed by atoms with Gasteiger partial charge in [-0.3, -0.25) is 4.79 Å². The molecule has 4 N–H and O–H groups in total. The molecule has 0 aliphatic heterocycles. The molecule has 0 aromatic rings. The van der Waals surface area contributed by atoms with Crippen LogP contribution in [0, 0.1) is 17.8 Å². The molecule has 0 bridgehead atoms. The Bertz CT molecular complexity index is 327. The summed E-state index contributed by atoms with van der Waals surface area (Å²) in [7, 11) is 0. The Kier molecular flexibility index (Phi) is 9.80. The van der Waals surface area contributed by atoms with Crippen LogP contribution in [0.4, 0.5) is 0 Å². The highest BCUT2D eigenvalue weighted by Gasteiger charge is 2.22. The summed E-state index contributed by atoms with van der Waals surface area (Å²) in [6.45, 7) is 4.17. The lowest BCUT2D eigenvalue weighted by Gasteiger charge is -2.27. The molecule has 1 saturated carbocycles. The topological polar surface area (TPSA) is 83.5 Å². The number of nitrogens with two attached hydrogens (primary N) is 1. The van der Waals surface area contributed by atoms with E-state index in [1.54, 1.807) is 0 Å². The molecule has 3 atom stereocenters. The van der Waals surface area contributed by atoms with Gasteiger partial charge < -0.3 is 15.9 Å². The summed E-state index contributed by atoms with van der Waals surface area (Å²) < 4.78 is 0. The fourth-order valence-corrected chi connectivity index (χ4v) is 3.83. The van der Waals surface area contributed by atoms with Gasteiger partial charge in [0, 0.05) is 12.5 Å². The third-order valence-corrected chi connectivity index (χ3v) is 5.53. The number of aliphatic hydroxyl groups excluding tert-OH is 1. The van der Waals surface area contributed by atoms with E-state index >= 15 is 0 Å². The molecule has 1 fully saturated rings. The smallest absolute Gasteiger partial charge is 0.303 e. The van der Waals surface area contributed by atoms with Crippen molar-refractivity contribution in [3.05, 3.63) is 0 Å². The second-order valence-electron chi connectivity index (χ2n) is 7.86. The van der Waals surface area contributed by atoms with Gasteiger partial charge in [-0.1, -0.05) is 58.8 Å². The highest BCUT2D eigenvalue weighted by Crippen LogP contribution is 2.28. The van der Waals surface area contributed by atoms with Gasteiger partial charge in [-0.25, -0.2) is 0 Å². The average Bonchev–Trinajstić information content (AvgIpc) is 2.50. The van der Waals surface area contributed by atoms with Crippen LogP contribution < -0.4 is 5.73 Å². The van der Waals surface area contributed by atoms with Crippen LogP contribution in [0.1, 0.15) is 84.5 Å². The van der Waals surface area contributed by atoms with Crippen molar-refractivity contribution in [2.75, 3.05) is 0 Å². The Labute approximate surface area is 141 Å². The lowest BCUT2D eigenvalue weighted by atomic mass is 9.83. The van der Waals surface area contributed by atoms with Gasteiger partial charge in [0.1, 0.15) is 0 Å². The molecule has 0 amide bonds. The number of unbranched alkanes of at least 4 members (excludes halogenated alkanes) is 1. The van der Waals surface area contributed by atoms with Crippen molar-refractivity contribution in [1.29, 1.82) is 0 Å². The fourth-order valence-electron chi connectivity index (χ4n) is 3.83. The zero-order chi connectivity index (χ0) is 17.2. The molecule has 0 spiro atoms. The van der Waals surface area contributed by atoms with E-state index in [0.717, 1.165) is 32.1 Å². The van der Waals surface area contributed by atoms with Crippen LogP contribution in [-0.4, -0.2) is 28.3 Å². The number of aliphatic hydroxyl groups is 1. The average molecular weight is 328 g/mol. The first-order chi connectivity index (χ1) is 10.9. The van der Waals surface area contributed by atoms with Crippen LogP contribution in [0.2, 0.25) is 0 Å². The van der Waals surface area contributed by atoms with Gasteiger partial charge in [0.15, 0.2) is 0 Å². The minimum Gasteiger partial charge on any atom is -0.481 e. The van der Waals surface area contributed by atoms with Crippen molar-refractivity contribution in [3.8, 4) is 0 Å². The SMILES string of the molecule is CC(C)[C@@H](CCCC[C@H](O)[C@@H](N)CC1CCCCC1)CC(=O)O. The number of hydrogen-bond donors (Lipinski definition) is 3. The van der Waals surface area contributed by atoms with E-state index < -0.39 is 12.1 Å². The highest BCUT2D eigenvalue weighted by atomic mass is 16.4. The van der Waals surface area contributed by atoms with Crippen molar-refractivity contribution < 1.29 is 15.0 Å². The predicted molar refractivity (Wildman–Crippen MR) is 94.2 cm³/mol. The largest absolute Gasteiger partial charge is 0.481 e. The van der Waals surface area contributed by atoms with E-state index in [9.17, 15) is 9.90 Å². The van der Waals surface area contributed by atoms with Gasteiger partial charge in [-0.15, -0.1) is 0 Å². The summed E-state index contributed by atoms with van der Waals surface area (Å²) >= 11 is 0. The molecule has 0 saturated heterocycles. The summed E-state index contributed by atoms with van der Waals surface area (Å²) in [5.41, 5.74) is 6.18. The van der Waals surface area contributed by atoms with Gasteiger partial charge in [0.25, 0.3) is 0 Å². The van der Waals surface area contributed by atoms with Gasteiger partial charge >= 0.3 is 5.97 Å². The zero-order valence-electron chi connectivity index (χ0n) is 15.0. The Morgan fingerprint density at radius 3 is 2.30 bits per heavy atom. The molecule has 1 rings (SSSR count). The highest BCUT2D eigenvalue weighted by molar-refractivity contribution is 5.67. The second-order valence-corrected chi connectivity index (χ2v) is 7.86. The number of carboxylic acids is 1. The van der Waals surface area contributed by atoms with E-state index in [1.807, 2.05) is 0 Å². The Hall–Kier alpha value is -0.610. The van der Waals surface area contributed by atoms with E-state index in [-0.39, 0.29) is 18.4 Å². The molecule has 4 heteroatoms. The number of aliphatic carboxylic acids is 1. The molecule has 0 heterocycles. The maximum Gasteiger partial charge on any atom is 0.303 e. The van der Waals surface area contributed by atoms with Crippen LogP contribution in [0.15, 0.2) is 0 Å². The molecule has 0 radical (unpaired) electrons. The monoisotopic (exact) mass is 327 g/mol. The summed E-state index contributed by atoms with van der Waals surface area (Å²) in [4.78, 5) is 10.9. The summed E-state index contributed by atoms with van der Waals surface area (Å²) in [5, 5.41) is 19.2. The van der Waals surface area contributed by atoms with Crippen LogP contribution in [-0.2, 0) is 4.79 Å². The molecule has 0 unspecified atom stereocenters. The van der Waals surface area contributed by atoms with Crippen molar-refractivity contribution in [2.45, 2.75) is 96.6 Å². The fraction of sp³-hybridized carbons (Fsp3) is 0.947. The first-order valence-corrected chi connectivity index (χ1v) is 9.55. The van der Waals surface area contributed by atoms with Crippen molar-refractivity contribution in [2.24, 2.45) is 23.5 Å². The zero-order valence-corrected chi connectivity index (χ0v) is 15.0. The minimum absolute atomic E-state index is 0.0991. The van der Waals surface area contributed by atoms with Gasteiger partial charge in [-0.2, -0.15) is 0 Å². The lowest BCUT2D eigenvalue weighted by Crippen LogP contribution is -2.36. The van der Waals surface area contributed by atoms with Gasteiger partial charge in [0.2, 0.25) is 0 Å². The summed E-state index contributed by atoms with van der Waals surface area (Å²) in [6.07, 6.45) is 10.9. The molecular formula is C19H37NO3. The van der Waals surface area contributed by atoms with E-state index in [1.165, 1.54) is 32.1 Å². The van der Waals surface area contributed by atoms with Crippen LogP contribution >= 0.6 is 0 Å². The third kappa shape index (κ3) is 8.71. The quantitative estimate of drug-likeness (QED) is 0.502. The van der Waals surface area contributed by atoms with Crippen molar-refractivity contribution >= 4 is 5.97 Å². The number of rotatable bonds is 11. The first kappa shape index (κ1) is 20.4. The number of carbonyl (C=O) groups is 1. The lowest BCUT2D eigenvalue weighted by molar-refractivity contribution is -0.138. The molecule has 136 valence electrons. The molecule has 23 heavy (non-hydrogen) atoms. The molecule has 0 aromatic carbocycles. The minimum atomic E-state index is -0.710. The van der Waals surface area contributed by atoms with Crippen LogP contribution in [0.5, 0.6) is 0 Å². The van der Waals surface area contributed by atoms with Crippen molar-refractivity contribution in [3.63, 3.8) is 0 Å². The molecular weight excluding hydrogens is 290 g/mol. The second kappa shape index (κ2) is 11.0. The molecule has 1 aliphatic rings. The molecule has 4 nitrogen and oxygen atoms in total. The number of carboxylic acid groups (broad SMARTS) is 1. The predicted octanol–water partition coefficient (Wildman–Crippen LogP) is 3.95. The van der Waals surface area contributed by atoms with Crippen LogP contribution in [0.3, 0.4) is 0 Å². The maximum absolute atomic E-state index is 10.9. The maximum atomic E-state index is 10.9.